The van der Waals surface area contributed by atoms with E-state index in [2.05, 4.69) is 20.8 Å². The molecule has 0 N–H and O–H groups in total. The van der Waals surface area contributed by atoms with Gasteiger partial charge in [-0.25, -0.2) is 0 Å². The Morgan fingerprint density at radius 2 is 0.893 bits per heavy atom. The van der Waals surface area contributed by atoms with E-state index < -0.39 is 70.7 Å². The second kappa shape index (κ2) is 23.5. The van der Waals surface area contributed by atoms with Crippen LogP contribution in [0.4, 0.5) is 0 Å². The maximum atomic E-state index is 5.99. The zero-order valence-corrected chi connectivity index (χ0v) is 30.7. The fourth-order valence-electron chi connectivity index (χ4n) is 2.42. The monoisotopic (exact) mass is 773 g/mol. The second-order valence-corrected chi connectivity index (χ2v) is 29.8. The van der Waals surface area contributed by atoms with Crippen LogP contribution in [0.15, 0.2) is 0 Å². The zero-order valence-electron chi connectivity index (χ0n) is 18.1. The minimum atomic E-state index is -0.655. The van der Waals surface area contributed by atoms with E-state index in [1.54, 1.807) is 0 Å². The molecule has 3 nitrogen and oxygen atoms in total. The first kappa shape index (κ1) is 31.4. The van der Waals surface area contributed by atoms with E-state index in [0.29, 0.717) is 29.6 Å². The van der Waals surface area contributed by atoms with Gasteiger partial charge in [0.15, 0.2) is 0 Å². The Hall–Kier alpha value is 3.39. The van der Waals surface area contributed by atoms with Crippen molar-refractivity contribution in [2.24, 2.45) is 0 Å². The van der Waals surface area contributed by atoms with Crippen LogP contribution in [0.2, 0.25) is 13.3 Å². The van der Waals surface area contributed by atoms with Gasteiger partial charge >= 0.3 is 225 Å². The van der Waals surface area contributed by atoms with Crippen molar-refractivity contribution in [3.63, 3.8) is 0 Å². The Morgan fingerprint density at radius 1 is 0.607 bits per heavy atom. The van der Waals surface area contributed by atoms with Gasteiger partial charge in [-0.15, -0.1) is 0 Å². The number of hydrogen-bond acceptors (Lipinski definition) is 6. The molecule has 0 aromatic rings. The average molecular weight is 770 g/mol. The summed E-state index contributed by atoms with van der Waals surface area (Å²) >= 11 is 12.3. The summed E-state index contributed by atoms with van der Waals surface area (Å²) in [6.07, 6.45) is 7.85. The number of rotatable bonds is 21. The summed E-state index contributed by atoms with van der Waals surface area (Å²) < 4.78 is 23.4. The van der Waals surface area contributed by atoms with Crippen molar-refractivity contribution in [2.75, 3.05) is 19.8 Å². The summed E-state index contributed by atoms with van der Waals surface area (Å²) in [5.41, 5.74) is 0. The van der Waals surface area contributed by atoms with Gasteiger partial charge < -0.3 is 0 Å². The molecule has 0 aliphatic carbocycles. The molecule has 3 unspecified atom stereocenters. The van der Waals surface area contributed by atoms with Gasteiger partial charge in [0.1, 0.15) is 0 Å². The first-order valence-corrected chi connectivity index (χ1v) is 25.2. The standard InChI is InChI=1S/C6H12BO3S3.3C4H9.3Sn.3H/c11-4-1-8-7(9-2-5-12)10-3-6-13;3*1-3-4-2;;;;;;/h4-6,11-13H,1-3H2;3*1,3-4H2,2H3;;;;;;. The fraction of sp³-hybridized carbons (Fsp3) is 1.00. The fourth-order valence-corrected chi connectivity index (χ4v) is 16.6. The van der Waals surface area contributed by atoms with Crippen molar-refractivity contribution in [1.29, 1.82) is 0 Å². The first-order chi connectivity index (χ1) is 13.5. The molecule has 0 fully saturated rings. The van der Waals surface area contributed by atoms with Gasteiger partial charge in [0.25, 0.3) is 0 Å². The first-order valence-electron chi connectivity index (χ1n) is 10.9. The summed E-state index contributed by atoms with van der Waals surface area (Å²) in [6.45, 7) is 8.72. The SMILES string of the molecule is CCC[CH2][SnH][CH](S)COB(OC[CH](S)[SnH][CH2]CCC)OC[CH](S)[SnH][CH2]CCC. The molecule has 165 valence electrons. The van der Waals surface area contributed by atoms with Crippen LogP contribution in [-0.4, -0.2) is 100 Å². The Bertz CT molecular complexity index is 292. The summed E-state index contributed by atoms with van der Waals surface area (Å²) in [5, 5.41) is 0. The van der Waals surface area contributed by atoms with Crippen LogP contribution in [0.1, 0.15) is 59.3 Å². The van der Waals surface area contributed by atoms with E-state index >= 15 is 0 Å². The van der Waals surface area contributed by atoms with E-state index in [1.807, 2.05) is 0 Å². The Balaban J connectivity index is 4.27. The molecule has 0 aliphatic heterocycles. The van der Waals surface area contributed by atoms with Crippen molar-refractivity contribution in [2.45, 2.75) is 82.4 Å². The van der Waals surface area contributed by atoms with Crippen LogP contribution in [0.3, 0.4) is 0 Å². The quantitative estimate of drug-likeness (QED) is 0.0945. The van der Waals surface area contributed by atoms with Crippen molar-refractivity contribution >= 4 is 109 Å². The number of hydrogen-bond donors (Lipinski definition) is 3. The molecule has 28 heavy (non-hydrogen) atoms. The van der Waals surface area contributed by atoms with Crippen LogP contribution in [0.25, 0.3) is 0 Å². The molecule has 0 bridgehead atoms. The zero-order chi connectivity index (χ0) is 21.0. The third kappa shape index (κ3) is 21.2. The van der Waals surface area contributed by atoms with Crippen LogP contribution in [0.5, 0.6) is 0 Å². The molecule has 0 saturated heterocycles. The summed E-state index contributed by atoms with van der Waals surface area (Å²) in [7, 11) is -0.559. The molecule has 0 heterocycles. The molecule has 3 atom stereocenters. The topological polar surface area (TPSA) is 27.7 Å². The molecule has 0 saturated carbocycles. The molecule has 0 aromatic carbocycles. The van der Waals surface area contributed by atoms with Gasteiger partial charge in [0.05, 0.1) is 0 Å². The van der Waals surface area contributed by atoms with Crippen molar-refractivity contribution in [3.05, 3.63) is 0 Å². The summed E-state index contributed by atoms with van der Waals surface area (Å²) in [4.78, 5) is 0. The third-order valence-corrected chi connectivity index (χ3v) is 21.5. The molecule has 0 aliphatic rings. The number of thiol groups is 3. The second-order valence-electron chi connectivity index (χ2n) is 7.12. The Labute approximate surface area is 222 Å². The van der Waals surface area contributed by atoms with Gasteiger partial charge in [0.2, 0.25) is 0 Å². The molecule has 0 rings (SSSR count). The Morgan fingerprint density at radius 3 is 1.14 bits per heavy atom. The predicted molar refractivity (Wildman–Crippen MR) is 143 cm³/mol. The predicted octanol–water partition coefficient (Wildman–Crippen LogP) is 3.75. The van der Waals surface area contributed by atoms with Crippen molar-refractivity contribution < 1.29 is 14.0 Å². The van der Waals surface area contributed by atoms with Gasteiger partial charge in [-0.3, -0.25) is 0 Å². The van der Waals surface area contributed by atoms with E-state index in [4.69, 9.17) is 51.8 Å². The molecule has 0 spiro atoms. The van der Waals surface area contributed by atoms with Crippen LogP contribution in [0, 0.1) is 0 Å². The van der Waals surface area contributed by atoms with E-state index in [0.717, 1.165) is 0 Å². The summed E-state index contributed by atoms with van der Waals surface area (Å²) in [6, 6.07) is 0. The molecular weight excluding hydrogens is 727 g/mol. The van der Waals surface area contributed by atoms with Gasteiger partial charge in [-0.05, 0) is 0 Å². The summed E-state index contributed by atoms with van der Waals surface area (Å²) in [5.74, 6) is 0. The van der Waals surface area contributed by atoms with Crippen LogP contribution < -0.4 is 0 Å². The molecule has 3 radical (unpaired) electrons. The number of unbranched alkanes of at least 4 members (excludes halogenated alkanes) is 3. The molecule has 0 aromatic heterocycles. The Kier molecular flexibility index (Phi) is 26.4. The average Bonchev–Trinajstić information content (AvgIpc) is 2.68. The van der Waals surface area contributed by atoms with Gasteiger partial charge in [-0.2, -0.15) is 0 Å². The molecule has 0 amide bonds. The van der Waals surface area contributed by atoms with E-state index in [9.17, 15) is 0 Å². The van der Waals surface area contributed by atoms with Gasteiger partial charge in [0, 0.05) is 0 Å². The molecular formula is C18H42BO3S3Sn3. The van der Waals surface area contributed by atoms with Gasteiger partial charge in [-0.1, -0.05) is 0 Å². The normalized spacial score (nSPS) is 14.8. The van der Waals surface area contributed by atoms with E-state index in [1.165, 1.54) is 51.8 Å². The van der Waals surface area contributed by atoms with Crippen LogP contribution >= 0.6 is 37.9 Å². The third-order valence-electron chi connectivity index (χ3n) is 4.20. The van der Waals surface area contributed by atoms with Crippen LogP contribution in [-0.2, 0) is 14.0 Å². The molecule has 10 heteroatoms. The maximum absolute atomic E-state index is 5.99. The van der Waals surface area contributed by atoms with Crippen molar-refractivity contribution in [3.8, 4) is 0 Å². The van der Waals surface area contributed by atoms with Crippen molar-refractivity contribution in [1.82, 2.24) is 0 Å². The van der Waals surface area contributed by atoms with E-state index in [-0.39, 0.29) is 0 Å². The minimum absolute atomic E-state index is 0.430.